The normalized spacial score (nSPS) is 15.0. The third-order valence-electron chi connectivity index (χ3n) is 2.08. The number of fused-ring (bicyclic) bond motifs is 1. The molecule has 1 aliphatic rings. The maximum atomic E-state index is 5.81. The van der Waals surface area contributed by atoms with Crippen LogP contribution in [0, 0.1) is 0 Å². The van der Waals surface area contributed by atoms with Gasteiger partial charge in [0, 0.05) is 6.42 Å². The predicted octanol–water partition coefficient (Wildman–Crippen LogP) is 3.31. The second-order valence-corrected chi connectivity index (χ2v) is 9.08. The first-order valence-corrected chi connectivity index (χ1v) is 8.60. The van der Waals surface area contributed by atoms with Gasteiger partial charge in [-0.05, 0) is 37.3 Å². The summed E-state index contributed by atoms with van der Waals surface area (Å²) in [6, 6.07) is 8.07. The van der Waals surface area contributed by atoms with Gasteiger partial charge >= 0.3 is 0 Å². The first-order valence-electron chi connectivity index (χ1n) is 5.19. The van der Waals surface area contributed by atoms with Gasteiger partial charge in [0.25, 0.3) is 5.95 Å². The van der Waals surface area contributed by atoms with E-state index in [4.69, 9.17) is 9.16 Å². The Labute approximate surface area is 91.7 Å². The van der Waals surface area contributed by atoms with E-state index in [0.717, 1.165) is 12.2 Å². The van der Waals surface area contributed by atoms with E-state index in [2.05, 4.69) is 25.7 Å². The summed E-state index contributed by atoms with van der Waals surface area (Å²) in [6.45, 7) is 6.45. The van der Waals surface area contributed by atoms with E-state index in [-0.39, 0.29) is 0 Å². The fourth-order valence-corrected chi connectivity index (χ4v) is 2.21. The van der Waals surface area contributed by atoms with Gasteiger partial charge in [-0.2, -0.15) is 0 Å². The van der Waals surface area contributed by atoms with Gasteiger partial charge in [0.2, 0.25) is 8.32 Å². The number of rotatable bonds is 2. The number of benzene rings is 1. The van der Waals surface area contributed by atoms with Crippen molar-refractivity contribution in [3.05, 3.63) is 41.9 Å². The van der Waals surface area contributed by atoms with E-state index in [1.165, 1.54) is 5.56 Å². The number of hydrogen-bond acceptors (Lipinski definition) is 2. The van der Waals surface area contributed by atoms with Gasteiger partial charge in [-0.15, -0.1) is 0 Å². The Hall–Kier alpha value is -1.22. The fraction of sp³-hybridized carbons (Fsp3) is 0.333. The van der Waals surface area contributed by atoms with Crippen molar-refractivity contribution in [1.29, 1.82) is 0 Å². The minimum atomic E-state index is -1.56. The second-order valence-electron chi connectivity index (χ2n) is 4.65. The van der Waals surface area contributed by atoms with Crippen LogP contribution < -0.4 is 4.74 Å². The lowest BCUT2D eigenvalue weighted by molar-refractivity contribution is 0.213. The molecule has 0 fully saturated rings. The van der Waals surface area contributed by atoms with E-state index < -0.39 is 8.32 Å². The van der Waals surface area contributed by atoms with E-state index in [1.807, 2.05) is 24.3 Å². The molecule has 0 saturated carbocycles. The maximum Gasteiger partial charge on any atom is 0.266 e. The molecule has 0 bridgehead atoms. The molecular formula is C12H16O2Si. The molecule has 1 aromatic carbocycles. The quantitative estimate of drug-likeness (QED) is 0.712. The molecule has 0 radical (unpaired) electrons. The van der Waals surface area contributed by atoms with Gasteiger partial charge in [0.15, 0.2) is 0 Å². The van der Waals surface area contributed by atoms with Gasteiger partial charge < -0.3 is 9.16 Å². The molecule has 2 nitrogen and oxygen atoms in total. The molecule has 0 unspecified atom stereocenters. The first-order chi connectivity index (χ1) is 7.04. The molecule has 80 valence electrons. The second kappa shape index (κ2) is 3.74. The van der Waals surface area contributed by atoms with Crippen molar-refractivity contribution >= 4 is 8.32 Å². The summed E-state index contributed by atoms with van der Waals surface area (Å²) >= 11 is 0. The van der Waals surface area contributed by atoms with Crippen LogP contribution in [0.4, 0.5) is 0 Å². The average molecular weight is 220 g/mol. The minimum Gasteiger partial charge on any atom is -0.520 e. The molecule has 3 heteroatoms. The Morgan fingerprint density at radius 2 is 1.93 bits per heavy atom. The third kappa shape index (κ3) is 2.62. The molecule has 1 aliphatic heterocycles. The van der Waals surface area contributed by atoms with Crippen LogP contribution in [0.25, 0.3) is 0 Å². The van der Waals surface area contributed by atoms with Crippen molar-refractivity contribution in [2.45, 2.75) is 26.1 Å². The molecular weight excluding hydrogens is 204 g/mol. The molecule has 0 aromatic heterocycles. The molecule has 0 N–H and O–H groups in total. The van der Waals surface area contributed by atoms with Crippen LogP contribution in [-0.2, 0) is 10.8 Å². The van der Waals surface area contributed by atoms with Crippen molar-refractivity contribution in [2.24, 2.45) is 0 Å². The summed E-state index contributed by atoms with van der Waals surface area (Å²) in [5.41, 5.74) is 1.22. The third-order valence-corrected chi connectivity index (χ3v) is 2.89. The summed E-state index contributed by atoms with van der Waals surface area (Å²) in [4.78, 5) is 0. The largest absolute Gasteiger partial charge is 0.520 e. The predicted molar refractivity (Wildman–Crippen MR) is 63.3 cm³/mol. The smallest absolute Gasteiger partial charge is 0.266 e. The highest BCUT2D eigenvalue weighted by molar-refractivity contribution is 6.70. The van der Waals surface area contributed by atoms with Gasteiger partial charge in [-0.3, -0.25) is 0 Å². The van der Waals surface area contributed by atoms with Crippen LogP contribution in [0.5, 0.6) is 5.75 Å². The van der Waals surface area contributed by atoms with Crippen molar-refractivity contribution in [1.82, 2.24) is 0 Å². The molecule has 0 saturated heterocycles. The summed E-state index contributed by atoms with van der Waals surface area (Å²) in [6.07, 6.45) is 2.91. The van der Waals surface area contributed by atoms with Gasteiger partial charge in [0.05, 0.1) is 0 Å². The number of hydrogen-bond donors (Lipinski definition) is 0. The Morgan fingerprint density at radius 3 is 2.67 bits per heavy atom. The van der Waals surface area contributed by atoms with Crippen LogP contribution in [0.3, 0.4) is 0 Å². The summed E-state index contributed by atoms with van der Waals surface area (Å²) in [5, 5.41) is 0. The first kappa shape index (κ1) is 10.3. The molecule has 0 aliphatic carbocycles. The van der Waals surface area contributed by atoms with Gasteiger partial charge in [-0.1, -0.05) is 18.2 Å². The van der Waals surface area contributed by atoms with Crippen molar-refractivity contribution in [3.8, 4) is 5.75 Å². The number of para-hydroxylation sites is 1. The van der Waals surface area contributed by atoms with E-state index in [0.29, 0.717) is 5.95 Å². The molecule has 0 atom stereocenters. The lowest BCUT2D eigenvalue weighted by atomic mass is 10.1. The van der Waals surface area contributed by atoms with Crippen LogP contribution in [-0.4, -0.2) is 8.32 Å². The minimum absolute atomic E-state index is 0.674. The topological polar surface area (TPSA) is 18.5 Å². The SMILES string of the molecule is C[Si](C)(C)OC1=CCc2ccccc2O1. The summed E-state index contributed by atoms with van der Waals surface area (Å²) in [5.74, 6) is 1.60. The van der Waals surface area contributed by atoms with E-state index >= 15 is 0 Å². The van der Waals surface area contributed by atoms with Crippen molar-refractivity contribution in [3.63, 3.8) is 0 Å². The van der Waals surface area contributed by atoms with Crippen LogP contribution in [0.2, 0.25) is 19.6 Å². The average Bonchev–Trinajstić information content (AvgIpc) is 2.15. The number of allylic oxidation sites excluding steroid dienone is 1. The van der Waals surface area contributed by atoms with E-state index in [1.54, 1.807) is 0 Å². The summed E-state index contributed by atoms with van der Waals surface area (Å²) in [7, 11) is -1.56. The molecule has 0 spiro atoms. The Morgan fingerprint density at radius 1 is 1.20 bits per heavy atom. The highest BCUT2D eigenvalue weighted by atomic mass is 28.4. The molecule has 1 aromatic rings. The van der Waals surface area contributed by atoms with Crippen molar-refractivity contribution < 1.29 is 9.16 Å². The molecule has 0 amide bonds. The Kier molecular flexibility index (Phi) is 2.57. The zero-order valence-electron chi connectivity index (χ0n) is 9.41. The highest BCUT2D eigenvalue weighted by Gasteiger charge is 2.21. The zero-order valence-corrected chi connectivity index (χ0v) is 10.4. The summed E-state index contributed by atoms with van der Waals surface area (Å²) < 4.78 is 11.5. The Bertz CT molecular complexity index is 391. The fourth-order valence-electron chi connectivity index (χ4n) is 1.48. The zero-order chi connectivity index (χ0) is 10.9. The van der Waals surface area contributed by atoms with Crippen LogP contribution >= 0.6 is 0 Å². The lowest BCUT2D eigenvalue weighted by Crippen LogP contribution is -2.27. The lowest BCUT2D eigenvalue weighted by Gasteiger charge is -2.24. The Balaban J connectivity index is 2.13. The van der Waals surface area contributed by atoms with Crippen molar-refractivity contribution in [2.75, 3.05) is 0 Å². The number of ether oxygens (including phenoxy) is 1. The van der Waals surface area contributed by atoms with Crippen LogP contribution in [0.1, 0.15) is 5.56 Å². The molecule has 2 rings (SSSR count). The molecule has 1 heterocycles. The monoisotopic (exact) mass is 220 g/mol. The van der Waals surface area contributed by atoms with E-state index in [9.17, 15) is 0 Å². The highest BCUT2D eigenvalue weighted by Crippen LogP contribution is 2.27. The maximum absolute atomic E-state index is 5.81. The van der Waals surface area contributed by atoms with Gasteiger partial charge in [-0.25, -0.2) is 0 Å². The van der Waals surface area contributed by atoms with Crippen LogP contribution in [0.15, 0.2) is 36.3 Å². The molecule has 15 heavy (non-hydrogen) atoms. The van der Waals surface area contributed by atoms with Gasteiger partial charge in [0.1, 0.15) is 5.75 Å². The standard InChI is InChI=1S/C12H16O2Si/c1-15(2,3)14-12-9-8-10-6-4-5-7-11(10)13-12/h4-7,9H,8H2,1-3H3.